The molecule has 0 aromatic heterocycles. The molecule has 1 aromatic rings. The fourth-order valence-corrected chi connectivity index (χ4v) is 1.99. The Bertz CT molecular complexity index is 421. The monoisotopic (exact) mass is 315 g/mol. The van der Waals surface area contributed by atoms with Crippen LogP contribution in [0.2, 0.25) is 10.0 Å². The van der Waals surface area contributed by atoms with Crippen LogP contribution in [0.15, 0.2) is 12.1 Å². The molecule has 0 spiro atoms. The average molecular weight is 317 g/mol. The zero-order valence-corrected chi connectivity index (χ0v) is 12.7. The van der Waals surface area contributed by atoms with Crippen LogP contribution in [-0.2, 0) is 0 Å². The highest BCUT2D eigenvalue weighted by Crippen LogP contribution is 2.36. The fraction of sp³-hybridized carbons (Fsp3) is 0.500. The Kier molecular flexibility index (Phi) is 6.38. The molecule has 0 aliphatic carbocycles. The van der Waals surface area contributed by atoms with E-state index in [-0.39, 0.29) is 28.0 Å². The van der Waals surface area contributed by atoms with Gasteiger partial charge in [-0.2, -0.15) is 0 Å². The maximum absolute atomic E-state index is 13.7. The van der Waals surface area contributed by atoms with Crippen LogP contribution in [0.3, 0.4) is 0 Å². The van der Waals surface area contributed by atoms with E-state index in [0.717, 1.165) is 0 Å². The van der Waals surface area contributed by atoms with E-state index in [4.69, 9.17) is 28.9 Å². The third-order valence-corrected chi connectivity index (χ3v) is 3.46. The number of hydrogen-bond donors (Lipinski definition) is 2. The van der Waals surface area contributed by atoms with Crippen molar-refractivity contribution in [1.29, 1.82) is 0 Å². The molecule has 0 aliphatic rings. The predicted octanol–water partition coefficient (Wildman–Crippen LogP) is 3.96. The Morgan fingerprint density at radius 2 is 1.78 bits per heavy atom. The minimum Gasteiger partial charge on any atom is -0.391 e. The lowest BCUT2D eigenvalue weighted by molar-refractivity contribution is 0.0392. The first kappa shape index (κ1) is 17.9. The van der Waals surface area contributed by atoms with Gasteiger partial charge >= 0.3 is 0 Å². The third-order valence-electron chi connectivity index (χ3n) is 2.64. The highest BCUT2D eigenvalue weighted by atomic mass is 35.5. The molecule has 0 saturated carbocycles. The van der Waals surface area contributed by atoms with E-state index >= 15 is 0 Å². The summed E-state index contributed by atoms with van der Waals surface area (Å²) >= 11 is 11.7. The lowest BCUT2D eigenvalue weighted by Crippen LogP contribution is -2.37. The van der Waals surface area contributed by atoms with Crippen LogP contribution >= 0.6 is 35.6 Å². The maximum Gasteiger partial charge on any atom is 0.129 e. The van der Waals surface area contributed by atoms with Gasteiger partial charge in [0.05, 0.1) is 22.2 Å². The van der Waals surface area contributed by atoms with Crippen molar-refractivity contribution in [3.05, 3.63) is 33.6 Å². The Morgan fingerprint density at radius 1 is 1.28 bits per heavy atom. The van der Waals surface area contributed by atoms with Crippen molar-refractivity contribution in [2.75, 3.05) is 0 Å². The van der Waals surface area contributed by atoms with Crippen LogP contribution in [0.1, 0.15) is 32.4 Å². The van der Waals surface area contributed by atoms with Crippen molar-refractivity contribution in [3.8, 4) is 0 Å². The molecule has 0 radical (unpaired) electrons. The molecule has 3 N–H and O–H groups in total. The van der Waals surface area contributed by atoms with Gasteiger partial charge < -0.3 is 10.8 Å². The number of halogens is 4. The summed E-state index contributed by atoms with van der Waals surface area (Å²) < 4.78 is 13.7. The molecule has 1 aromatic carbocycles. The van der Waals surface area contributed by atoms with Crippen molar-refractivity contribution in [2.24, 2.45) is 11.1 Å². The van der Waals surface area contributed by atoms with E-state index < -0.39 is 23.4 Å². The second kappa shape index (κ2) is 6.40. The third kappa shape index (κ3) is 3.72. The van der Waals surface area contributed by atoms with Gasteiger partial charge in [-0.3, -0.25) is 0 Å². The smallest absolute Gasteiger partial charge is 0.129 e. The van der Waals surface area contributed by atoms with Crippen molar-refractivity contribution < 1.29 is 9.50 Å². The Labute approximate surface area is 123 Å². The molecule has 0 aliphatic heterocycles. The number of aliphatic hydroxyl groups is 1. The summed E-state index contributed by atoms with van der Waals surface area (Å²) in [5.41, 5.74) is 5.44. The van der Waals surface area contributed by atoms with Crippen LogP contribution in [0.5, 0.6) is 0 Å². The topological polar surface area (TPSA) is 46.2 Å². The van der Waals surface area contributed by atoms with Gasteiger partial charge in [-0.15, -0.1) is 12.4 Å². The minimum atomic E-state index is -0.923. The van der Waals surface area contributed by atoms with Gasteiger partial charge in [0.1, 0.15) is 5.82 Å². The predicted molar refractivity (Wildman–Crippen MR) is 76.1 cm³/mol. The number of benzene rings is 1. The van der Waals surface area contributed by atoms with Crippen LogP contribution < -0.4 is 5.73 Å². The largest absolute Gasteiger partial charge is 0.391 e. The first-order valence-corrected chi connectivity index (χ1v) is 5.99. The molecule has 0 saturated heterocycles. The summed E-state index contributed by atoms with van der Waals surface area (Å²) in [4.78, 5) is 0. The fourth-order valence-electron chi connectivity index (χ4n) is 1.54. The molecule has 104 valence electrons. The summed E-state index contributed by atoms with van der Waals surface area (Å²) in [7, 11) is 0. The van der Waals surface area contributed by atoms with Gasteiger partial charge in [-0.05, 0) is 17.5 Å². The molecular weight excluding hydrogens is 299 g/mol. The summed E-state index contributed by atoms with van der Waals surface area (Å²) in [5.74, 6) is -0.560. The number of aliphatic hydroxyl groups excluding tert-OH is 1. The van der Waals surface area contributed by atoms with Crippen LogP contribution in [0.25, 0.3) is 0 Å². The molecule has 0 heterocycles. The lowest BCUT2D eigenvalue weighted by atomic mass is 9.82. The molecule has 0 bridgehead atoms. The van der Waals surface area contributed by atoms with Gasteiger partial charge in [0.25, 0.3) is 0 Å². The standard InChI is InChI=1S/C12H16Cl2FNO.ClH/c1-12(2,3)11(17)10(16)8-7(15)5-4-6(13)9(8)14;/h4-5,10-11,17H,16H2,1-3H3;1H/t10-,11-;/m0./s1. The molecule has 6 heteroatoms. The molecule has 2 nitrogen and oxygen atoms in total. The average Bonchev–Trinajstić information content (AvgIpc) is 2.21. The van der Waals surface area contributed by atoms with Crippen LogP contribution in [-0.4, -0.2) is 11.2 Å². The van der Waals surface area contributed by atoms with E-state index in [1.807, 2.05) is 20.8 Å². The highest BCUT2D eigenvalue weighted by molar-refractivity contribution is 6.42. The highest BCUT2D eigenvalue weighted by Gasteiger charge is 2.32. The Morgan fingerprint density at radius 3 is 2.22 bits per heavy atom. The molecule has 1 rings (SSSR count). The van der Waals surface area contributed by atoms with Crippen molar-refractivity contribution >= 4 is 35.6 Å². The SMILES string of the molecule is CC(C)(C)[C@@H](O)[C@@H](N)c1c(F)ccc(Cl)c1Cl.Cl. The Hall–Kier alpha value is -0.0600. The molecule has 0 fully saturated rings. The second-order valence-electron chi connectivity index (χ2n) is 5.09. The van der Waals surface area contributed by atoms with Crippen LogP contribution in [0, 0.1) is 11.2 Å². The Balaban J connectivity index is 0.00000289. The number of rotatable bonds is 2. The summed E-state index contributed by atoms with van der Waals surface area (Å²) in [6.07, 6.45) is -0.923. The maximum atomic E-state index is 13.7. The minimum absolute atomic E-state index is 0. The molecule has 0 unspecified atom stereocenters. The summed E-state index contributed by atoms with van der Waals surface area (Å²) in [6, 6.07) is 1.64. The molecule has 0 amide bonds. The lowest BCUT2D eigenvalue weighted by Gasteiger charge is -2.31. The molecule has 2 atom stereocenters. The first-order valence-electron chi connectivity index (χ1n) is 5.23. The quantitative estimate of drug-likeness (QED) is 0.811. The van der Waals surface area contributed by atoms with E-state index in [9.17, 15) is 9.50 Å². The molecular formula is C12H17Cl3FNO. The number of nitrogens with two attached hydrogens (primary N) is 1. The van der Waals surface area contributed by atoms with E-state index in [2.05, 4.69) is 0 Å². The van der Waals surface area contributed by atoms with Crippen LogP contribution in [0.4, 0.5) is 4.39 Å². The molecule has 18 heavy (non-hydrogen) atoms. The normalized spacial score (nSPS) is 14.9. The van der Waals surface area contributed by atoms with Gasteiger partial charge in [-0.1, -0.05) is 44.0 Å². The van der Waals surface area contributed by atoms with Gasteiger partial charge in [0, 0.05) is 5.56 Å². The van der Waals surface area contributed by atoms with Gasteiger partial charge in [0.15, 0.2) is 0 Å². The van der Waals surface area contributed by atoms with Crippen molar-refractivity contribution in [3.63, 3.8) is 0 Å². The van der Waals surface area contributed by atoms with Gasteiger partial charge in [-0.25, -0.2) is 4.39 Å². The number of hydrogen-bond acceptors (Lipinski definition) is 2. The zero-order valence-electron chi connectivity index (χ0n) is 10.4. The first-order chi connectivity index (χ1) is 7.66. The zero-order chi connectivity index (χ0) is 13.4. The van der Waals surface area contributed by atoms with Crippen molar-refractivity contribution in [2.45, 2.75) is 32.9 Å². The van der Waals surface area contributed by atoms with E-state index in [1.165, 1.54) is 12.1 Å². The summed E-state index contributed by atoms with van der Waals surface area (Å²) in [6.45, 7) is 5.44. The van der Waals surface area contributed by atoms with Gasteiger partial charge in [0.2, 0.25) is 0 Å². The summed E-state index contributed by atoms with van der Waals surface area (Å²) in [5, 5.41) is 10.3. The van der Waals surface area contributed by atoms with E-state index in [1.54, 1.807) is 0 Å². The van der Waals surface area contributed by atoms with Crippen molar-refractivity contribution in [1.82, 2.24) is 0 Å². The second-order valence-corrected chi connectivity index (χ2v) is 5.88. The van der Waals surface area contributed by atoms with E-state index in [0.29, 0.717) is 0 Å².